The van der Waals surface area contributed by atoms with E-state index in [1.54, 1.807) is 13.2 Å². The Bertz CT molecular complexity index is 874. The molecule has 0 fully saturated rings. The van der Waals surface area contributed by atoms with Gasteiger partial charge in [-0.25, -0.2) is 4.79 Å². The molecule has 0 aliphatic carbocycles. The van der Waals surface area contributed by atoms with Gasteiger partial charge in [-0.2, -0.15) is 0 Å². The molecule has 6 heteroatoms. The zero-order chi connectivity index (χ0) is 17.1. The molecule has 3 rings (SSSR count). The average Bonchev–Trinajstić information content (AvgIpc) is 2.91. The molecule has 1 N–H and O–H groups in total. The molecule has 0 unspecified atom stereocenters. The number of rotatable bonds is 6. The number of aromatic carboxylic acids is 1. The van der Waals surface area contributed by atoms with Crippen molar-refractivity contribution in [2.24, 2.45) is 0 Å². The number of carboxylic acids is 1. The van der Waals surface area contributed by atoms with E-state index in [4.69, 9.17) is 21.1 Å². The second-order valence-electron chi connectivity index (χ2n) is 5.19. The summed E-state index contributed by atoms with van der Waals surface area (Å²) in [4.78, 5) is 11.4. The summed E-state index contributed by atoms with van der Waals surface area (Å²) < 4.78 is 12.0. The quantitative estimate of drug-likeness (QED) is 0.672. The monoisotopic (exact) mass is 362 g/mol. The van der Waals surface area contributed by atoms with Crippen LogP contribution in [-0.2, 0) is 18.0 Å². The van der Waals surface area contributed by atoms with Crippen LogP contribution in [-0.4, -0.2) is 18.2 Å². The number of hydrogen-bond acceptors (Lipinski definition) is 4. The van der Waals surface area contributed by atoms with Crippen LogP contribution >= 0.6 is 22.9 Å². The van der Waals surface area contributed by atoms with Crippen molar-refractivity contribution in [3.8, 4) is 5.75 Å². The SMILES string of the molecule is COc1cc2c(Cl)c(C(=O)O)sc2cc1COCc1ccccc1. The molecule has 0 saturated heterocycles. The largest absolute Gasteiger partial charge is 0.496 e. The minimum atomic E-state index is -1.03. The minimum absolute atomic E-state index is 0.135. The Morgan fingerprint density at radius 1 is 1.21 bits per heavy atom. The van der Waals surface area contributed by atoms with Gasteiger partial charge in [0.25, 0.3) is 0 Å². The maximum atomic E-state index is 11.2. The average molecular weight is 363 g/mol. The second kappa shape index (κ2) is 7.21. The number of fused-ring (bicyclic) bond motifs is 1. The molecule has 0 aliphatic rings. The van der Waals surface area contributed by atoms with E-state index < -0.39 is 5.97 Å². The predicted molar refractivity (Wildman–Crippen MR) is 95.3 cm³/mol. The lowest BCUT2D eigenvalue weighted by Gasteiger charge is -2.10. The molecule has 0 aliphatic heterocycles. The minimum Gasteiger partial charge on any atom is -0.496 e. The highest BCUT2D eigenvalue weighted by Crippen LogP contribution is 2.39. The van der Waals surface area contributed by atoms with Crippen LogP contribution in [0.25, 0.3) is 10.1 Å². The van der Waals surface area contributed by atoms with E-state index in [1.165, 1.54) is 0 Å². The van der Waals surface area contributed by atoms with E-state index in [0.717, 1.165) is 27.2 Å². The number of halogens is 1. The molecule has 0 radical (unpaired) electrons. The zero-order valence-corrected chi connectivity index (χ0v) is 14.5. The second-order valence-corrected chi connectivity index (χ2v) is 6.62. The molecular formula is C18H15ClO4S. The normalized spacial score (nSPS) is 10.9. The van der Waals surface area contributed by atoms with Gasteiger partial charge in [0, 0.05) is 15.6 Å². The van der Waals surface area contributed by atoms with Crippen molar-refractivity contribution in [1.82, 2.24) is 0 Å². The van der Waals surface area contributed by atoms with E-state index >= 15 is 0 Å². The summed E-state index contributed by atoms with van der Waals surface area (Å²) in [5.41, 5.74) is 1.95. The molecule has 2 aromatic carbocycles. The van der Waals surface area contributed by atoms with Crippen LogP contribution in [0.2, 0.25) is 5.02 Å². The number of ether oxygens (including phenoxy) is 2. The van der Waals surface area contributed by atoms with Crippen LogP contribution in [0.15, 0.2) is 42.5 Å². The fraction of sp³-hybridized carbons (Fsp3) is 0.167. The Morgan fingerprint density at radius 2 is 1.96 bits per heavy atom. The summed E-state index contributed by atoms with van der Waals surface area (Å²) in [6, 6.07) is 13.5. The fourth-order valence-corrected chi connectivity index (χ4v) is 3.82. The summed E-state index contributed by atoms with van der Waals surface area (Å²) in [6.45, 7) is 0.861. The Labute approximate surface area is 148 Å². The summed E-state index contributed by atoms with van der Waals surface area (Å²) in [5, 5.41) is 10.1. The van der Waals surface area contributed by atoms with Gasteiger partial charge in [0.15, 0.2) is 0 Å². The summed E-state index contributed by atoms with van der Waals surface area (Å²) >= 11 is 7.31. The molecular weight excluding hydrogens is 348 g/mol. The molecule has 3 aromatic rings. The van der Waals surface area contributed by atoms with Gasteiger partial charge in [-0.3, -0.25) is 0 Å². The topological polar surface area (TPSA) is 55.8 Å². The Kier molecular flexibility index (Phi) is 5.04. The lowest BCUT2D eigenvalue weighted by atomic mass is 10.1. The molecule has 4 nitrogen and oxygen atoms in total. The molecule has 0 bridgehead atoms. The number of hydrogen-bond donors (Lipinski definition) is 1. The Morgan fingerprint density at radius 3 is 2.62 bits per heavy atom. The van der Waals surface area contributed by atoms with Crippen molar-refractivity contribution in [3.63, 3.8) is 0 Å². The first-order valence-corrected chi connectivity index (χ1v) is 8.43. The van der Waals surface area contributed by atoms with E-state index in [1.807, 2.05) is 36.4 Å². The molecule has 0 atom stereocenters. The highest BCUT2D eigenvalue weighted by molar-refractivity contribution is 7.21. The first-order chi connectivity index (χ1) is 11.6. The smallest absolute Gasteiger partial charge is 0.347 e. The molecule has 1 heterocycles. The number of benzene rings is 2. The molecule has 1 aromatic heterocycles. The van der Waals surface area contributed by atoms with Gasteiger partial charge in [-0.05, 0) is 17.7 Å². The van der Waals surface area contributed by atoms with Crippen LogP contribution in [0.5, 0.6) is 5.75 Å². The van der Waals surface area contributed by atoms with Crippen LogP contribution in [0, 0.1) is 0 Å². The van der Waals surface area contributed by atoms with Crippen molar-refractivity contribution < 1.29 is 19.4 Å². The Balaban J connectivity index is 1.85. The lowest BCUT2D eigenvalue weighted by Crippen LogP contribution is -1.97. The third kappa shape index (κ3) is 3.38. The molecule has 124 valence electrons. The third-order valence-electron chi connectivity index (χ3n) is 3.59. The first-order valence-electron chi connectivity index (χ1n) is 7.24. The maximum Gasteiger partial charge on any atom is 0.347 e. The van der Waals surface area contributed by atoms with Crippen molar-refractivity contribution in [3.05, 3.63) is 63.5 Å². The van der Waals surface area contributed by atoms with E-state index in [9.17, 15) is 9.90 Å². The highest BCUT2D eigenvalue weighted by Gasteiger charge is 2.18. The van der Waals surface area contributed by atoms with E-state index in [2.05, 4.69) is 0 Å². The summed E-state index contributed by atoms with van der Waals surface area (Å²) in [6.07, 6.45) is 0. The molecule has 0 amide bonds. The van der Waals surface area contributed by atoms with Gasteiger partial charge < -0.3 is 14.6 Å². The summed E-state index contributed by atoms with van der Waals surface area (Å²) in [7, 11) is 1.57. The first kappa shape index (κ1) is 16.8. The van der Waals surface area contributed by atoms with Crippen molar-refractivity contribution in [2.75, 3.05) is 7.11 Å². The van der Waals surface area contributed by atoms with E-state index in [0.29, 0.717) is 24.3 Å². The standard InChI is InChI=1S/C18H15ClO4S/c1-22-14-8-13-15(24-17(16(13)19)18(20)21)7-12(14)10-23-9-11-5-3-2-4-6-11/h2-8H,9-10H2,1H3,(H,20,21). The molecule has 0 saturated carbocycles. The third-order valence-corrected chi connectivity index (χ3v) is 5.24. The Hall–Kier alpha value is -2.08. The lowest BCUT2D eigenvalue weighted by molar-refractivity contribution is 0.0702. The van der Waals surface area contributed by atoms with Gasteiger partial charge in [-0.15, -0.1) is 11.3 Å². The fourth-order valence-electron chi connectivity index (χ4n) is 2.43. The van der Waals surface area contributed by atoms with Gasteiger partial charge in [-0.1, -0.05) is 41.9 Å². The number of thiophene rings is 1. The van der Waals surface area contributed by atoms with Crippen molar-refractivity contribution in [2.45, 2.75) is 13.2 Å². The number of methoxy groups -OCH3 is 1. The molecule has 0 spiro atoms. The van der Waals surface area contributed by atoms with Crippen LogP contribution in [0.3, 0.4) is 0 Å². The van der Waals surface area contributed by atoms with E-state index in [-0.39, 0.29) is 9.90 Å². The summed E-state index contributed by atoms with van der Waals surface area (Å²) in [5.74, 6) is -0.394. The van der Waals surface area contributed by atoms with Gasteiger partial charge in [0.05, 0.1) is 25.3 Å². The van der Waals surface area contributed by atoms with Crippen LogP contribution in [0.4, 0.5) is 0 Å². The van der Waals surface area contributed by atoms with Crippen molar-refractivity contribution >= 4 is 39.0 Å². The number of carboxylic acid groups (broad SMARTS) is 1. The van der Waals surface area contributed by atoms with Gasteiger partial charge >= 0.3 is 5.97 Å². The van der Waals surface area contributed by atoms with Crippen LogP contribution in [0.1, 0.15) is 20.8 Å². The van der Waals surface area contributed by atoms with Crippen LogP contribution < -0.4 is 4.74 Å². The van der Waals surface area contributed by atoms with Gasteiger partial charge in [0.1, 0.15) is 10.6 Å². The predicted octanol–water partition coefficient (Wildman–Crippen LogP) is 4.98. The zero-order valence-electron chi connectivity index (χ0n) is 12.9. The number of carbonyl (C=O) groups is 1. The molecule has 24 heavy (non-hydrogen) atoms. The highest BCUT2D eigenvalue weighted by atomic mass is 35.5. The maximum absolute atomic E-state index is 11.2. The van der Waals surface area contributed by atoms with Crippen molar-refractivity contribution in [1.29, 1.82) is 0 Å². The van der Waals surface area contributed by atoms with Gasteiger partial charge in [0.2, 0.25) is 0 Å².